The number of ketones is 3. The van der Waals surface area contributed by atoms with Crippen molar-refractivity contribution in [2.24, 2.45) is 10.8 Å². The van der Waals surface area contributed by atoms with Gasteiger partial charge in [0.25, 0.3) is 0 Å². The molecule has 0 amide bonds. The van der Waals surface area contributed by atoms with Gasteiger partial charge < -0.3 is 4.90 Å². The Labute approximate surface area is 206 Å². The van der Waals surface area contributed by atoms with E-state index in [0.717, 1.165) is 10.0 Å². The van der Waals surface area contributed by atoms with Gasteiger partial charge in [-0.1, -0.05) is 79.2 Å². The lowest BCUT2D eigenvalue weighted by Gasteiger charge is -2.34. The van der Waals surface area contributed by atoms with E-state index in [4.69, 9.17) is 0 Å². The zero-order valence-corrected chi connectivity index (χ0v) is 20.7. The molecule has 1 saturated heterocycles. The van der Waals surface area contributed by atoms with Gasteiger partial charge in [0.2, 0.25) is 0 Å². The molecule has 3 atom stereocenters. The molecule has 0 N–H and O–H groups in total. The number of nitrogens with zero attached hydrogens (tertiary/aromatic N) is 2. The summed E-state index contributed by atoms with van der Waals surface area (Å²) in [4.78, 5) is 44.2. The van der Waals surface area contributed by atoms with E-state index in [2.05, 4.69) is 22.0 Å². The van der Waals surface area contributed by atoms with Gasteiger partial charge in [-0.15, -0.1) is 0 Å². The second-order valence-corrected chi connectivity index (χ2v) is 11.0. The van der Waals surface area contributed by atoms with Crippen LogP contribution in [0.3, 0.4) is 0 Å². The van der Waals surface area contributed by atoms with Crippen molar-refractivity contribution >= 4 is 33.3 Å². The largest absolute Gasteiger partial charge is 0.358 e. The van der Waals surface area contributed by atoms with Gasteiger partial charge in [0.05, 0.1) is 17.7 Å². The Bertz CT molecular complexity index is 1310. The van der Waals surface area contributed by atoms with Gasteiger partial charge in [0, 0.05) is 33.1 Å². The minimum absolute atomic E-state index is 0.0808. The molecule has 1 spiro atoms. The molecule has 0 bridgehead atoms. The van der Waals surface area contributed by atoms with Crippen LogP contribution in [0.2, 0.25) is 0 Å². The number of nitriles is 1. The van der Waals surface area contributed by atoms with Crippen LogP contribution in [0.4, 0.5) is 0 Å². The molecule has 5 nitrogen and oxygen atoms in total. The van der Waals surface area contributed by atoms with Crippen molar-refractivity contribution in [1.82, 2.24) is 4.90 Å². The highest BCUT2D eigenvalue weighted by Gasteiger charge is 2.71. The highest BCUT2D eigenvalue weighted by atomic mass is 79.9. The van der Waals surface area contributed by atoms with Gasteiger partial charge in [-0.25, -0.2) is 0 Å². The van der Waals surface area contributed by atoms with Gasteiger partial charge in [-0.05, 0) is 23.8 Å². The van der Waals surface area contributed by atoms with Crippen molar-refractivity contribution in [2.45, 2.75) is 38.8 Å². The molecule has 34 heavy (non-hydrogen) atoms. The number of halogens is 1. The van der Waals surface area contributed by atoms with E-state index in [1.807, 2.05) is 45.0 Å². The molecule has 0 unspecified atom stereocenters. The third-order valence-corrected chi connectivity index (χ3v) is 7.72. The average Bonchev–Trinajstić information content (AvgIpc) is 3.24. The first-order valence-electron chi connectivity index (χ1n) is 11.2. The summed E-state index contributed by atoms with van der Waals surface area (Å²) in [5, 5.41) is 9.59. The number of hydrogen-bond acceptors (Lipinski definition) is 5. The number of benzene rings is 2. The summed E-state index contributed by atoms with van der Waals surface area (Å²) in [6.07, 6.45) is 5.04. The third-order valence-electron chi connectivity index (χ3n) is 7.20. The Morgan fingerprint density at radius 2 is 1.62 bits per heavy atom. The zero-order valence-electron chi connectivity index (χ0n) is 19.1. The second-order valence-electron chi connectivity index (χ2n) is 10.1. The summed E-state index contributed by atoms with van der Waals surface area (Å²) in [6, 6.07) is 15.0. The first-order chi connectivity index (χ1) is 16.1. The predicted molar refractivity (Wildman–Crippen MR) is 131 cm³/mol. The standard InChI is InChI=1S/C28H23BrN2O3/c1-27(2,3)26(34)23-22(17-9-11-18(29)12-10-17)28(21-13-8-16(14-30)15-31(21)23)24(32)19-6-4-5-7-20(19)25(28)33/h4-13,15,21-23H,1-3H3/t21-,22+,23-/m0/s1. The molecule has 1 aliphatic carbocycles. The van der Waals surface area contributed by atoms with Crippen LogP contribution in [0.5, 0.6) is 0 Å². The van der Waals surface area contributed by atoms with E-state index in [-0.39, 0.29) is 17.3 Å². The minimum Gasteiger partial charge on any atom is -0.358 e. The molecule has 1 fully saturated rings. The third kappa shape index (κ3) is 2.93. The maximum atomic E-state index is 14.2. The maximum Gasteiger partial charge on any atom is 0.180 e. The van der Waals surface area contributed by atoms with E-state index in [1.54, 1.807) is 47.5 Å². The summed E-state index contributed by atoms with van der Waals surface area (Å²) in [5.74, 6) is -1.33. The van der Waals surface area contributed by atoms with E-state index in [1.165, 1.54) is 0 Å². The fraction of sp³-hybridized carbons (Fsp3) is 0.286. The Balaban J connectivity index is 1.84. The first kappa shape index (κ1) is 22.5. The van der Waals surface area contributed by atoms with Crippen molar-refractivity contribution < 1.29 is 14.4 Å². The van der Waals surface area contributed by atoms with Gasteiger partial charge in [0.15, 0.2) is 17.3 Å². The van der Waals surface area contributed by atoms with Crippen molar-refractivity contribution in [1.29, 1.82) is 5.26 Å². The Hall–Kier alpha value is -3.30. The topological polar surface area (TPSA) is 78.2 Å². The molecule has 2 aliphatic heterocycles. The van der Waals surface area contributed by atoms with Crippen LogP contribution in [0.15, 0.2) is 76.9 Å². The number of allylic oxidation sites excluding steroid dienone is 2. The van der Waals surface area contributed by atoms with Crippen LogP contribution >= 0.6 is 15.9 Å². The normalized spacial score (nSPS) is 24.6. The fourth-order valence-electron chi connectivity index (χ4n) is 5.71. The summed E-state index contributed by atoms with van der Waals surface area (Å²) in [5.41, 5.74) is -0.325. The summed E-state index contributed by atoms with van der Waals surface area (Å²) in [7, 11) is 0. The van der Waals surface area contributed by atoms with Gasteiger partial charge in [-0.2, -0.15) is 5.26 Å². The molecule has 170 valence electrons. The van der Waals surface area contributed by atoms with Gasteiger partial charge in [-0.3, -0.25) is 14.4 Å². The number of Topliss-reactive ketones (excluding diaryl/α,β-unsaturated/α-hetero) is 3. The number of fused-ring (bicyclic) bond motifs is 3. The van der Waals surface area contributed by atoms with Crippen LogP contribution in [0.1, 0.15) is 53.0 Å². The smallest absolute Gasteiger partial charge is 0.180 e. The molecule has 5 rings (SSSR count). The van der Waals surface area contributed by atoms with Crippen molar-refractivity contribution in [2.75, 3.05) is 0 Å². The van der Waals surface area contributed by atoms with E-state index in [9.17, 15) is 19.6 Å². The number of carbonyl (C=O) groups excluding carboxylic acids is 3. The lowest BCUT2D eigenvalue weighted by atomic mass is 9.63. The maximum absolute atomic E-state index is 14.2. The monoisotopic (exact) mass is 514 g/mol. The molecule has 0 saturated carbocycles. The predicted octanol–water partition coefficient (Wildman–Crippen LogP) is 5.24. The summed E-state index contributed by atoms with van der Waals surface area (Å²) < 4.78 is 0.860. The molecule has 2 aromatic rings. The minimum atomic E-state index is -1.50. The number of hydrogen-bond donors (Lipinski definition) is 0. The molecule has 2 aromatic carbocycles. The van der Waals surface area contributed by atoms with Crippen molar-refractivity contribution in [3.63, 3.8) is 0 Å². The summed E-state index contributed by atoms with van der Waals surface area (Å²) in [6.45, 7) is 5.53. The molecule has 3 aliphatic rings. The fourth-order valence-corrected chi connectivity index (χ4v) is 5.98. The molecule has 2 heterocycles. The molecular weight excluding hydrogens is 492 g/mol. The molecular formula is C28H23BrN2O3. The molecule has 6 heteroatoms. The lowest BCUT2D eigenvalue weighted by molar-refractivity contribution is -0.130. The van der Waals surface area contributed by atoms with Gasteiger partial charge >= 0.3 is 0 Å². The molecule has 0 aromatic heterocycles. The number of rotatable bonds is 2. The van der Waals surface area contributed by atoms with Gasteiger partial charge in [0.1, 0.15) is 11.5 Å². The Morgan fingerprint density at radius 1 is 1.03 bits per heavy atom. The van der Waals surface area contributed by atoms with Crippen LogP contribution in [0, 0.1) is 22.2 Å². The van der Waals surface area contributed by atoms with E-state index < -0.39 is 28.8 Å². The van der Waals surface area contributed by atoms with Crippen LogP contribution in [-0.4, -0.2) is 34.3 Å². The molecule has 0 radical (unpaired) electrons. The quantitative estimate of drug-likeness (QED) is 0.511. The Kier molecular flexibility index (Phi) is 5.03. The average molecular weight is 515 g/mol. The second kappa shape index (κ2) is 7.61. The number of carbonyl (C=O) groups is 3. The van der Waals surface area contributed by atoms with Crippen molar-refractivity contribution in [3.05, 3.63) is 93.6 Å². The lowest BCUT2D eigenvalue weighted by Crippen LogP contribution is -2.47. The first-order valence-corrected chi connectivity index (χ1v) is 12.0. The van der Waals surface area contributed by atoms with E-state index in [0.29, 0.717) is 16.7 Å². The SMILES string of the molecule is CC(C)(C)C(=O)[C@@H]1[C@@H](c2ccc(Br)cc2)C2(C(=O)c3ccccc3C2=O)[C@@H]2C=CC(C#N)=CN12. The van der Waals surface area contributed by atoms with Crippen molar-refractivity contribution in [3.8, 4) is 6.07 Å². The van der Waals surface area contributed by atoms with Crippen LogP contribution in [0.25, 0.3) is 0 Å². The highest BCUT2D eigenvalue weighted by Crippen LogP contribution is 2.60. The Morgan fingerprint density at radius 3 is 2.15 bits per heavy atom. The van der Waals surface area contributed by atoms with E-state index >= 15 is 0 Å². The van der Waals surface area contributed by atoms with Crippen LogP contribution < -0.4 is 0 Å². The summed E-state index contributed by atoms with van der Waals surface area (Å²) >= 11 is 3.46. The van der Waals surface area contributed by atoms with Crippen LogP contribution in [-0.2, 0) is 4.79 Å². The zero-order chi connectivity index (χ0) is 24.4. The highest BCUT2D eigenvalue weighted by molar-refractivity contribution is 9.10.